The molecule has 158 valence electrons. The molecular formula is C19H29Cl2N3O4. The van der Waals surface area contributed by atoms with Crippen LogP contribution in [0.15, 0.2) is 18.2 Å². The second-order valence-corrected chi connectivity index (χ2v) is 6.96. The quantitative estimate of drug-likeness (QED) is 0.656. The van der Waals surface area contributed by atoms with Crippen molar-refractivity contribution in [2.75, 3.05) is 44.8 Å². The van der Waals surface area contributed by atoms with E-state index < -0.39 is 5.41 Å². The van der Waals surface area contributed by atoms with Gasteiger partial charge in [-0.15, -0.1) is 12.4 Å². The van der Waals surface area contributed by atoms with Gasteiger partial charge in [-0.3, -0.25) is 9.59 Å². The number of halogens is 2. The maximum absolute atomic E-state index is 12.7. The normalized spacial score (nSPS) is 15.3. The summed E-state index contributed by atoms with van der Waals surface area (Å²) in [5, 5.41) is 3.21. The zero-order valence-corrected chi connectivity index (χ0v) is 17.9. The van der Waals surface area contributed by atoms with E-state index in [0.29, 0.717) is 55.6 Å². The number of carbonyl (C=O) groups excluding carboxylic acids is 2. The average molecular weight is 434 g/mol. The van der Waals surface area contributed by atoms with Gasteiger partial charge >= 0.3 is 0 Å². The van der Waals surface area contributed by atoms with Gasteiger partial charge in [0.25, 0.3) is 5.91 Å². The van der Waals surface area contributed by atoms with E-state index in [0.717, 1.165) is 0 Å². The smallest absolute Gasteiger partial charge is 0.260 e. The van der Waals surface area contributed by atoms with Crippen molar-refractivity contribution in [3.05, 3.63) is 23.2 Å². The number of nitrogens with two attached hydrogens (primary N) is 1. The number of hydrogen-bond donors (Lipinski definition) is 2. The van der Waals surface area contributed by atoms with Crippen LogP contribution in [0.1, 0.15) is 26.7 Å². The van der Waals surface area contributed by atoms with E-state index >= 15 is 0 Å². The molecule has 2 rings (SSSR count). The molecule has 1 aromatic carbocycles. The van der Waals surface area contributed by atoms with Crippen LogP contribution >= 0.6 is 24.0 Å². The molecule has 2 amide bonds. The second kappa shape index (κ2) is 11.5. The van der Waals surface area contributed by atoms with Gasteiger partial charge in [0.2, 0.25) is 5.91 Å². The minimum absolute atomic E-state index is 0. The van der Waals surface area contributed by atoms with Gasteiger partial charge in [0.15, 0.2) is 6.61 Å². The first kappa shape index (κ1) is 24.5. The van der Waals surface area contributed by atoms with E-state index in [1.807, 2.05) is 13.8 Å². The third kappa shape index (κ3) is 5.98. The van der Waals surface area contributed by atoms with Gasteiger partial charge in [-0.1, -0.05) is 11.6 Å². The topological polar surface area (TPSA) is 93.9 Å². The predicted octanol–water partition coefficient (Wildman–Crippen LogP) is 2.70. The number of anilines is 1. The van der Waals surface area contributed by atoms with Crippen LogP contribution in [0.4, 0.5) is 5.69 Å². The Bertz CT molecular complexity index is 663. The van der Waals surface area contributed by atoms with Crippen LogP contribution in [-0.4, -0.2) is 56.2 Å². The van der Waals surface area contributed by atoms with Crippen molar-refractivity contribution in [1.29, 1.82) is 0 Å². The molecule has 1 aromatic rings. The van der Waals surface area contributed by atoms with Crippen LogP contribution in [-0.2, 0) is 14.3 Å². The SMILES string of the molecule is CCN(CC)C(=O)COc1ccc(NC(=O)C2(CN)CCOCC2)cc1Cl.Cl. The molecule has 1 fully saturated rings. The van der Waals surface area contributed by atoms with Crippen molar-refractivity contribution in [1.82, 2.24) is 4.90 Å². The summed E-state index contributed by atoms with van der Waals surface area (Å²) in [5.74, 6) is 0.169. The largest absolute Gasteiger partial charge is 0.482 e. The summed E-state index contributed by atoms with van der Waals surface area (Å²) in [6.07, 6.45) is 1.19. The van der Waals surface area contributed by atoms with Gasteiger partial charge in [0, 0.05) is 38.5 Å². The Morgan fingerprint density at radius 3 is 2.46 bits per heavy atom. The van der Waals surface area contributed by atoms with E-state index in [2.05, 4.69) is 5.32 Å². The highest BCUT2D eigenvalue weighted by Crippen LogP contribution is 2.32. The first-order valence-electron chi connectivity index (χ1n) is 9.25. The molecule has 0 unspecified atom stereocenters. The van der Waals surface area contributed by atoms with E-state index in [1.54, 1.807) is 23.1 Å². The van der Waals surface area contributed by atoms with Crippen LogP contribution in [0, 0.1) is 5.41 Å². The number of carbonyl (C=O) groups is 2. The van der Waals surface area contributed by atoms with Crippen molar-refractivity contribution in [2.24, 2.45) is 11.1 Å². The molecule has 7 nitrogen and oxygen atoms in total. The highest BCUT2D eigenvalue weighted by molar-refractivity contribution is 6.32. The molecule has 1 aliphatic rings. The Balaban J connectivity index is 0.00000392. The minimum atomic E-state index is -0.615. The van der Waals surface area contributed by atoms with Gasteiger partial charge in [-0.2, -0.15) is 0 Å². The first-order chi connectivity index (χ1) is 13.0. The maximum Gasteiger partial charge on any atom is 0.260 e. The number of ether oxygens (including phenoxy) is 2. The fraction of sp³-hybridized carbons (Fsp3) is 0.579. The molecule has 0 spiro atoms. The van der Waals surface area contributed by atoms with Crippen LogP contribution in [0.25, 0.3) is 0 Å². The molecule has 0 aromatic heterocycles. The summed E-state index contributed by atoms with van der Waals surface area (Å²) in [5.41, 5.74) is 5.81. The predicted molar refractivity (Wildman–Crippen MR) is 112 cm³/mol. The summed E-state index contributed by atoms with van der Waals surface area (Å²) < 4.78 is 10.9. The van der Waals surface area contributed by atoms with Gasteiger partial charge < -0.3 is 25.4 Å². The van der Waals surface area contributed by atoms with E-state index in [-0.39, 0.29) is 37.4 Å². The Labute approximate surface area is 177 Å². The van der Waals surface area contributed by atoms with Crippen molar-refractivity contribution in [3.63, 3.8) is 0 Å². The van der Waals surface area contributed by atoms with Crippen LogP contribution in [0.2, 0.25) is 5.02 Å². The summed E-state index contributed by atoms with van der Waals surface area (Å²) >= 11 is 6.25. The molecule has 9 heteroatoms. The third-order valence-electron chi connectivity index (χ3n) is 4.98. The van der Waals surface area contributed by atoms with Gasteiger partial charge in [0.05, 0.1) is 10.4 Å². The van der Waals surface area contributed by atoms with Crippen LogP contribution < -0.4 is 15.8 Å². The molecule has 1 heterocycles. The lowest BCUT2D eigenvalue weighted by Gasteiger charge is -2.34. The monoisotopic (exact) mass is 433 g/mol. The fourth-order valence-electron chi connectivity index (χ4n) is 3.05. The van der Waals surface area contributed by atoms with E-state index in [4.69, 9.17) is 26.8 Å². The highest BCUT2D eigenvalue weighted by atomic mass is 35.5. The van der Waals surface area contributed by atoms with E-state index in [1.165, 1.54) is 0 Å². The number of benzene rings is 1. The number of nitrogens with one attached hydrogen (secondary N) is 1. The molecule has 3 N–H and O–H groups in total. The molecular weight excluding hydrogens is 405 g/mol. The Kier molecular flexibility index (Phi) is 10.0. The first-order valence-corrected chi connectivity index (χ1v) is 9.63. The average Bonchev–Trinajstić information content (AvgIpc) is 2.68. The van der Waals surface area contributed by atoms with Gasteiger partial charge in [-0.05, 0) is 44.9 Å². The van der Waals surface area contributed by atoms with Crippen LogP contribution in [0.5, 0.6) is 5.75 Å². The van der Waals surface area contributed by atoms with Crippen LogP contribution in [0.3, 0.4) is 0 Å². The molecule has 0 saturated carbocycles. The number of hydrogen-bond acceptors (Lipinski definition) is 5. The standard InChI is InChI=1S/C19H28ClN3O4.ClH/c1-3-23(4-2)17(24)12-27-16-6-5-14(11-15(16)20)22-18(25)19(13-21)7-9-26-10-8-19;/h5-6,11H,3-4,7-10,12-13,21H2,1-2H3,(H,22,25);1H. The number of nitrogens with zero attached hydrogens (tertiary/aromatic N) is 1. The Morgan fingerprint density at radius 2 is 1.93 bits per heavy atom. The van der Waals surface area contributed by atoms with Crippen molar-refractivity contribution < 1.29 is 19.1 Å². The lowest BCUT2D eigenvalue weighted by Crippen LogP contribution is -2.46. The van der Waals surface area contributed by atoms with Crippen molar-refractivity contribution in [2.45, 2.75) is 26.7 Å². The Morgan fingerprint density at radius 1 is 1.29 bits per heavy atom. The third-order valence-corrected chi connectivity index (χ3v) is 5.27. The van der Waals surface area contributed by atoms with Gasteiger partial charge in [0.1, 0.15) is 5.75 Å². The molecule has 0 aliphatic carbocycles. The summed E-state index contributed by atoms with van der Waals surface area (Å²) in [4.78, 5) is 26.4. The summed E-state index contributed by atoms with van der Waals surface area (Å²) in [6, 6.07) is 4.96. The van der Waals surface area contributed by atoms with Gasteiger partial charge in [-0.25, -0.2) is 0 Å². The molecule has 1 aliphatic heterocycles. The zero-order valence-electron chi connectivity index (χ0n) is 16.3. The van der Waals surface area contributed by atoms with Crippen molar-refractivity contribution in [3.8, 4) is 5.75 Å². The lowest BCUT2D eigenvalue weighted by atomic mass is 9.79. The molecule has 28 heavy (non-hydrogen) atoms. The Hall–Kier alpha value is -1.54. The summed E-state index contributed by atoms with van der Waals surface area (Å²) in [7, 11) is 0. The molecule has 1 saturated heterocycles. The molecule has 0 atom stereocenters. The molecule has 0 radical (unpaired) electrons. The molecule has 0 bridgehead atoms. The maximum atomic E-state index is 12.7. The number of likely N-dealkylation sites (N-methyl/N-ethyl adjacent to an activating group) is 1. The number of amides is 2. The highest BCUT2D eigenvalue weighted by Gasteiger charge is 2.38. The second-order valence-electron chi connectivity index (χ2n) is 6.55. The minimum Gasteiger partial charge on any atom is -0.482 e. The summed E-state index contributed by atoms with van der Waals surface area (Å²) in [6.45, 7) is 6.33. The van der Waals surface area contributed by atoms with Crippen molar-refractivity contribution >= 4 is 41.5 Å². The van der Waals surface area contributed by atoms with E-state index in [9.17, 15) is 9.59 Å². The fourth-order valence-corrected chi connectivity index (χ4v) is 3.29. The lowest BCUT2D eigenvalue weighted by molar-refractivity contribution is -0.133. The number of rotatable bonds is 8. The zero-order chi connectivity index (χ0) is 19.9.